The fraction of sp³-hybridized carbons (Fsp3) is 0.0667. The molecule has 0 atom stereocenters. The first-order chi connectivity index (χ1) is 9.63. The molecule has 5 heteroatoms. The predicted octanol–water partition coefficient (Wildman–Crippen LogP) is 4.05. The Bertz CT molecular complexity index is 842. The molecule has 0 aliphatic rings. The molecular formula is C15H10BrNO3. The van der Waals surface area contributed by atoms with E-state index in [2.05, 4.69) is 20.9 Å². The van der Waals surface area contributed by atoms with Crippen molar-refractivity contribution >= 4 is 26.9 Å². The highest BCUT2D eigenvalue weighted by molar-refractivity contribution is 9.10. The topological polar surface area (TPSA) is 52.3 Å². The van der Waals surface area contributed by atoms with Gasteiger partial charge in [-0.15, -0.1) is 0 Å². The highest BCUT2D eigenvalue weighted by Gasteiger charge is 2.06. The third-order valence-corrected chi connectivity index (χ3v) is 3.48. The summed E-state index contributed by atoms with van der Waals surface area (Å²) in [6.45, 7) is 1.87. The molecule has 2 heterocycles. The largest absolute Gasteiger partial charge is 0.456 e. The maximum absolute atomic E-state index is 11.4. The number of halogens is 1. The van der Waals surface area contributed by atoms with Gasteiger partial charge in [0.05, 0.1) is 4.47 Å². The summed E-state index contributed by atoms with van der Waals surface area (Å²) in [5.41, 5.74) is 1.03. The third kappa shape index (κ3) is 2.44. The number of fused-ring (bicyclic) bond motifs is 1. The van der Waals surface area contributed by atoms with Crippen LogP contribution >= 0.6 is 15.9 Å². The number of hydrogen-bond donors (Lipinski definition) is 0. The van der Waals surface area contributed by atoms with Gasteiger partial charge in [-0.3, -0.25) is 4.98 Å². The first-order valence-corrected chi connectivity index (χ1v) is 6.75. The molecule has 0 aliphatic carbocycles. The standard InChI is InChI=1S/C15H10BrNO3/c1-9-6-15(18)20-14-7-10(2-3-11(9)14)19-13-4-5-17-8-12(13)16/h2-8H,1H3. The molecule has 20 heavy (non-hydrogen) atoms. The molecule has 4 nitrogen and oxygen atoms in total. The van der Waals surface area contributed by atoms with Crippen LogP contribution in [0.3, 0.4) is 0 Å². The van der Waals surface area contributed by atoms with Crippen LogP contribution in [-0.4, -0.2) is 4.98 Å². The average Bonchev–Trinajstić information content (AvgIpc) is 2.41. The molecule has 0 saturated carbocycles. The van der Waals surface area contributed by atoms with Crippen LogP contribution < -0.4 is 10.4 Å². The number of benzene rings is 1. The van der Waals surface area contributed by atoms with E-state index in [1.807, 2.05) is 19.1 Å². The molecule has 3 aromatic rings. The molecule has 0 bridgehead atoms. The lowest BCUT2D eigenvalue weighted by Gasteiger charge is -2.08. The van der Waals surface area contributed by atoms with Gasteiger partial charge in [0.25, 0.3) is 0 Å². The van der Waals surface area contributed by atoms with Gasteiger partial charge in [0.2, 0.25) is 0 Å². The predicted molar refractivity (Wildman–Crippen MR) is 79.2 cm³/mol. The van der Waals surface area contributed by atoms with E-state index in [0.717, 1.165) is 15.4 Å². The van der Waals surface area contributed by atoms with Gasteiger partial charge in [-0.1, -0.05) is 0 Å². The summed E-state index contributed by atoms with van der Waals surface area (Å²) in [7, 11) is 0. The number of nitrogens with zero attached hydrogens (tertiary/aromatic N) is 1. The second kappa shape index (κ2) is 5.09. The number of pyridine rings is 1. The Kier molecular flexibility index (Phi) is 3.28. The van der Waals surface area contributed by atoms with E-state index in [-0.39, 0.29) is 5.63 Å². The minimum absolute atomic E-state index is 0.364. The molecule has 3 rings (SSSR count). The second-order valence-corrected chi connectivity index (χ2v) is 5.17. The summed E-state index contributed by atoms with van der Waals surface area (Å²) in [6.07, 6.45) is 3.30. The van der Waals surface area contributed by atoms with Crippen molar-refractivity contribution in [1.82, 2.24) is 4.98 Å². The summed E-state index contributed by atoms with van der Waals surface area (Å²) < 4.78 is 11.7. The summed E-state index contributed by atoms with van der Waals surface area (Å²) in [6, 6.07) is 8.64. The molecule has 0 fully saturated rings. The molecule has 0 N–H and O–H groups in total. The monoisotopic (exact) mass is 331 g/mol. The molecule has 0 saturated heterocycles. The van der Waals surface area contributed by atoms with E-state index in [1.165, 1.54) is 6.07 Å². The van der Waals surface area contributed by atoms with Crippen LogP contribution in [0.15, 0.2) is 56.4 Å². The molecule has 2 aromatic heterocycles. The van der Waals surface area contributed by atoms with Gasteiger partial charge < -0.3 is 9.15 Å². The molecule has 0 radical (unpaired) electrons. The van der Waals surface area contributed by atoms with Gasteiger partial charge in [0, 0.05) is 36.0 Å². The van der Waals surface area contributed by atoms with Crippen molar-refractivity contribution < 1.29 is 9.15 Å². The van der Waals surface area contributed by atoms with Gasteiger partial charge in [0.1, 0.15) is 17.1 Å². The fourth-order valence-electron chi connectivity index (χ4n) is 1.94. The zero-order valence-electron chi connectivity index (χ0n) is 10.6. The SMILES string of the molecule is Cc1cc(=O)oc2cc(Oc3ccncc3Br)ccc12. The highest BCUT2D eigenvalue weighted by Crippen LogP contribution is 2.30. The Labute approximate surface area is 123 Å². The molecule has 0 aliphatic heterocycles. The zero-order chi connectivity index (χ0) is 14.1. The van der Waals surface area contributed by atoms with Crippen LogP contribution in [0.25, 0.3) is 11.0 Å². The van der Waals surface area contributed by atoms with Gasteiger partial charge in [-0.05, 0) is 40.5 Å². The van der Waals surface area contributed by atoms with Crippen LogP contribution in [0.4, 0.5) is 0 Å². The van der Waals surface area contributed by atoms with Crippen molar-refractivity contribution in [3.63, 3.8) is 0 Å². The maximum Gasteiger partial charge on any atom is 0.336 e. The first-order valence-electron chi connectivity index (χ1n) is 5.95. The quantitative estimate of drug-likeness (QED) is 0.664. The first kappa shape index (κ1) is 12.9. The Morgan fingerprint density at radius 1 is 1.25 bits per heavy atom. The summed E-state index contributed by atoms with van der Waals surface area (Å²) >= 11 is 3.37. The number of rotatable bonds is 2. The summed E-state index contributed by atoms with van der Waals surface area (Å²) in [4.78, 5) is 15.4. The zero-order valence-corrected chi connectivity index (χ0v) is 12.2. The minimum atomic E-state index is -0.364. The molecule has 100 valence electrons. The van der Waals surface area contributed by atoms with Gasteiger partial charge in [0.15, 0.2) is 0 Å². The van der Waals surface area contributed by atoms with Gasteiger partial charge in [-0.2, -0.15) is 0 Å². The van der Waals surface area contributed by atoms with Crippen molar-refractivity contribution in [3.05, 3.63) is 63.2 Å². The summed E-state index contributed by atoms with van der Waals surface area (Å²) in [5, 5.41) is 0.894. The average molecular weight is 332 g/mol. The van der Waals surface area contributed by atoms with Crippen LogP contribution in [0.5, 0.6) is 11.5 Å². The van der Waals surface area contributed by atoms with Gasteiger partial charge in [-0.25, -0.2) is 4.79 Å². The van der Waals surface area contributed by atoms with Crippen molar-refractivity contribution in [1.29, 1.82) is 0 Å². The molecule has 1 aromatic carbocycles. The molecule has 0 amide bonds. The molecular weight excluding hydrogens is 322 g/mol. The second-order valence-electron chi connectivity index (χ2n) is 4.31. The molecule has 0 spiro atoms. The highest BCUT2D eigenvalue weighted by atomic mass is 79.9. The minimum Gasteiger partial charge on any atom is -0.456 e. The number of aryl methyl sites for hydroxylation is 1. The van der Waals surface area contributed by atoms with E-state index >= 15 is 0 Å². The van der Waals surface area contributed by atoms with Crippen LogP contribution in [-0.2, 0) is 0 Å². The Hall–Kier alpha value is -2.14. The van der Waals surface area contributed by atoms with Crippen molar-refractivity contribution in [2.75, 3.05) is 0 Å². The summed E-state index contributed by atoms with van der Waals surface area (Å²) in [5.74, 6) is 1.24. The lowest BCUT2D eigenvalue weighted by molar-refractivity contribution is 0.476. The normalized spacial score (nSPS) is 10.7. The van der Waals surface area contributed by atoms with Crippen LogP contribution in [0.2, 0.25) is 0 Å². The van der Waals surface area contributed by atoms with Crippen LogP contribution in [0.1, 0.15) is 5.56 Å². The van der Waals surface area contributed by atoms with E-state index < -0.39 is 0 Å². The van der Waals surface area contributed by atoms with E-state index in [0.29, 0.717) is 17.1 Å². The lowest BCUT2D eigenvalue weighted by atomic mass is 10.1. The number of aromatic nitrogens is 1. The van der Waals surface area contributed by atoms with E-state index in [1.54, 1.807) is 24.5 Å². The van der Waals surface area contributed by atoms with E-state index in [4.69, 9.17) is 9.15 Å². The van der Waals surface area contributed by atoms with E-state index in [9.17, 15) is 4.79 Å². The van der Waals surface area contributed by atoms with Crippen molar-refractivity contribution in [3.8, 4) is 11.5 Å². The smallest absolute Gasteiger partial charge is 0.336 e. The lowest BCUT2D eigenvalue weighted by Crippen LogP contribution is -1.97. The molecule has 0 unspecified atom stereocenters. The third-order valence-electron chi connectivity index (χ3n) is 2.89. The Morgan fingerprint density at radius 2 is 2.10 bits per heavy atom. The Balaban J connectivity index is 2.05. The van der Waals surface area contributed by atoms with Crippen molar-refractivity contribution in [2.45, 2.75) is 6.92 Å². The number of ether oxygens (including phenoxy) is 1. The number of hydrogen-bond acceptors (Lipinski definition) is 4. The van der Waals surface area contributed by atoms with Crippen molar-refractivity contribution in [2.24, 2.45) is 0 Å². The Morgan fingerprint density at radius 3 is 2.90 bits per heavy atom. The maximum atomic E-state index is 11.4. The fourth-order valence-corrected chi connectivity index (χ4v) is 2.27. The van der Waals surface area contributed by atoms with Crippen LogP contribution in [0, 0.1) is 6.92 Å². The van der Waals surface area contributed by atoms with Gasteiger partial charge >= 0.3 is 5.63 Å².